The van der Waals surface area contributed by atoms with E-state index in [2.05, 4.69) is 12.2 Å². The van der Waals surface area contributed by atoms with Gasteiger partial charge in [0.1, 0.15) is 5.75 Å². The van der Waals surface area contributed by atoms with Crippen LogP contribution in [0.25, 0.3) is 0 Å². The zero-order valence-corrected chi connectivity index (χ0v) is 13.8. The van der Waals surface area contributed by atoms with E-state index in [0.717, 1.165) is 36.6 Å². The van der Waals surface area contributed by atoms with Gasteiger partial charge in [-0.1, -0.05) is 31.5 Å². The lowest BCUT2D eigenvalue weighted by Gasteiger charge is -2.18. The van der Waals surface area contributed by atoms with Gasteiger partial charge < -0.3 is 15.0 Å². The Kier molecular flexibility index (Phi) is 6.48. The molecule has 0 aliphatic carbocycles. The minimum Gasteiger partial charge on any atom is -0.494 e. The zero-order valence-electron chi connectivity index (χ0n) is 13.8. The molecule has 0 unspecified atom stereocenters. The molecule has 2 aromatic carbocycles. The van der Waals surface area contributed by atoms with Crippen LogP contribution in [0.4, 0.5) is 11.4 Å². The van der Waals surface area contributed by atoms with Gasteiger partial charge in [-0.15, -0.1) is 0 Å². The third-order valence-electron chi connectivity index (χ3n) is 3.58. The molecule has 0 bridgehead atoms. The van der Waals surface area contributed by atoms with Gasteiger partial charge in [0.15, 0.2) is 0 Å². The second-order valence-corrected chi connectivity index (χ2v) is 5.37. The SMILES string of the molecule is CCCCOc1ccc(NCC(=O)N(C)c2ccccc2)cc1. The summed E-state index contributed by atoms with van der Waals surface area (Å²) in [6.45, 7) is 3.13. The molecular formula is C19H24N2O2. The van der Waals surface area contributed by atoms with Crippen LogP contribution < -0.4 is 15.0 Å². The molecule has 0 atom stereocenters. The highest BCUT2D eigenvalue weighted by Gasteiger charge is 2.09. The Labute approximate surface area is 138 Å². The van der Waals surface area contributed by atoms with Crippen molar-refractivity contribution < 1.29 is 9.53 Å². The molecule has 122 valence electrons. The highest BCUT2D eigenvalue weighted by Crippen LogP contribution is 2.16. The molecule has 0 saturated heterocycles. The van der Waals surface area contributed by atoms with Crippen molar-refractivity contribution in [3.05, 3.63) is 54.6 Å². The monoisotopic (exact) mass is 312 g/mol. The number of nitrogens with one attached hydrogen (secondary N) is 1. The molecule has 4 heteroatoms. The number of anilines is 2. The summed E-state index contributed by atoms with van der Waals surface area (Å²) in [4.78, 5) is 13.8. The summed E-state index contributed by atoms with van der Waals surface area (Å²) in [6, 6.07) is 17.3. The minimum absolute atomic E-state index is 0.0134. The molecule has 1 amide bonds. The number of para-hydroxylation sites is 1. The summed E-state index contributed by atoms with van der Waals surface area (Å²) in [7, 11) is 1.78. The van der Waals surface area contributed by atoms with Gasteiger partial charge in [-0.2, -0.15) is 0 Å². The van der Waals surface area contributed by atoms with Crippen LogP contribution in [-0.4, -0.2) is 26.1 Å². The number of carbonyl (C=O) groups is 1. The summed E-state index contributed by atoms with van der Waals surface area (Å²) >= 11 is 0. The third-order valence-corrected chi connectivity index (χ3v) is 3.58. The van der Waals surface area contributed by atoms with Crippen molar-refractivity contribution >= 4 is 17.3 Å². The second-order valence-electron chi connectivity index (χ2n) is 5.37. The summed E-state index contributed by atoms with van der Waals surface area (Å²) in [5.41, 5.74) is 1.79. The Hall–Kier alpha value is -2.49. The number of carbonyl (C=O) groups excluding carboxylic acids is 1. The van der Waals surface area contributed by atoms with E-state index in [0.29, 0.717) is 0 Å². The van der Waals surface area contributed by atoms with Gasteiger partial charge in [-0.3, -0.25) is 4.79 Å². The molecule has 1 N–H and O–H groups in total. The van der Waals surface area contributed by atoms with Gasteiger partial charge in [-0.25, -0.2) is 0 Å². The van der Waals surface area contributed by atoms with Crippen molar-refractivity contribution in [2.45, 2.75) is 19.8 Å². The number of likely N-dealkylation sites (N-methyl/N-ethyl adjacent to an activating group) is 1. The summed E-state index contributed by atoms with van der Waals surface area (Å²) in [6.07, 6.45) is 2.18. The van der Waals surface area contributed by atoms with Gasteiger partial charge in [0.25, 0.3) is 0 Å². The van der Waals surface area contributed by atoms with Crippen LogP contribution in [0.5, 0.6) is 5.75 Å². The summed E-state index contributed by atoms with van der Waals surface area (Å²) < 4.78 is 5.62. The molecule has 0 radical (unpaired) electrons. The molecule has 4 nitrogen and oxygen atoms in total. The Bertz CT molecular complexity index is 597. The van der Waals surface area contributed by atoms with Crippen molar-refractivity contribution in [2.75, 3.05) is 30.4 Å². The molecule has 0 aromatic heterocycles. The molecule has 0 aliphatic heterocycles. The van der Waals surface area contributed by atoms with Crippen molar-refractivity contribution in [1.82, 2.24) is 0 Å². The van der Waals surface area contributed by atoms with Crippen molar-refractivity contribution in [2.24, 2.45) is 0 Å². The zero-order chi connectivity index (χ0) is 16.5. The van der Waals surface area contributed by atoms with E-state index in [4.69, 9.17) is 4.74 Å². The Morgan fingerprint density at radius 3 is 2.43 bits per heavy atom. The standard InChI is InChI=1S/C19H24N2O2/c1-3-4-14-23-18-12-10-16(11-13-18)20-15-19(22)21(2)17-8-6-5-7-9-17/h5-13,20H,3-4,14-15H2,1-2H3. The van der Waals surface area contributed by atoms with Crippen LogP contribution in [-0.2, 0) is 4.79 Å². The van der Waals surface area contributed by atoms with Crippen LogP contribution in [0.1, 0.15) is 19.8 Å². The van der Waals surface area contributed by atoms with Crippen LogP contribution in [0.15, 0.2) is 54.6 Å². The number of amides is 1. The van der Waals surface area contributed by atoms with Gasteiger partial charge in [0, 0.05) is 18.4 Å². The lowest BCUT2D eigenvalue weighted by molar-refractivity contribution is -0.116. The molecule has 0 heterocycles. The smallest absolute Gasteiger partial charge is 0.246 e. The molecule has 0 saturated carbocycles. The average Bonchev–Trinajstić information content (AvgIpc) is 2.61. The Balaban J connectivity index is 1.82. The maximum absolute atomic E-state index is 12.2. The van der Waals surface area contributed by atoms with Gasteiger partial charge >= 0.3 is 0 Å². The van der Waals surface area contributed by atoms with Gasteiger partial charge in [0.05, 0.1) is 13.2 Å². The number of benzene rings is 2. The van der Waals surface area contributed by atoms with E-state index in [1.54, 1.807) is 11.9 Å². The molecule has 0 aliphatic rings. The molecule has 2 aromatic rings. The van der Waals surface area contributed by atoms with E-state index in [1.165, 1.54) is 0 Å². The number of ether oxygens (including phenoxy) is 1. The molecule has 0 spiro atoms. The summed E-state index contributed by atoms with van der Waals surface area (Å²) in [5.74, 6) is 0.871. The van der Waals surface area contributed by atoms with Crippen molar-refractivity contribution in [3.63, 3.8) is 0 Å². The fourth-order valence-corrected chi connectivity index (χ4v) is 2.10. The third kappa shape index (κ3) is 5.33. The number of unbranched alkanes of at least 4 members (excludes halogenated alkanes) is 1. The number of hydrogen-bond acceptors (Lipinski definition) is 3. The first-order valence-corrected chi connectivity index (χ1v) is 7.99. The van der Waals surface area contributed by atoms with E-state index < -0.39 is 0 Å². The second kappa shape index (κ2) is 8.83. The highest BCUT2D eigenvalue weighted by molar-refractivity contribution is 5.95. The number of hydrogen-bond donors (Lipinski definition) is 1. The van der Waals surface area contributed by atoms with Crippen LogP contribution >= 0.6 is 0 Å². The van der Waals surface area contributed by atoms with E-state index in [-0.39, 0.29) is 12.5 Å². The van der Waals surface area contributed by atoms with Crippen LogP contribution in [0.3, 0.4) is 0 Å². The van der Waals surface area contributed by atoms with Gasteiger partial charge in [0.2, 0.25) is 5.91 Å². The molecule has 2 rings (SSSR count). The minimum atomic E-state index is 0.0134. The normalized spacial score (nSPS) is 10.2. The first-order valence-electron chi connectivity index (χ1n) is 7.99. The lowest BCUT2D eigenvalue weighted by atomic mass is 10.3. The van der Waals surface area contributed by atoms with Crippen molar-refractivity contribution in [1.29, 1.82) is 0 Å². The largest absolute Gasteiger partial charge is 0.494 e. The molecule has 0 fully saturated rings. The Morgan fingerprint density at radius 1 is 1.09 bits per heavy atom. The number of rotatable bonds is 8. The van der Waals surface area contributed by atoms with Crippen molar-refractivity contribution in [3.8, 4) is 5.75 Å². The van der Waals surface area contributed by atoms with Crippen LogP contribution in [0, 0.1) is 0 Å². The van der Waals surface area contributed by atoms with Crippen LogP contribution in [0.2, 0.25) is 0 Å². The first kappa shape index (κ1) is 16.9. The highest BCUT2D eigenvalue weighted by atomic mass is 16.5. The van der Waals surface area contributed by atoms with E-state index in [1.807, 2.05) is 54.6 Å². The van der Waals surface area contributed by atoms with E-state index >= 15 is 0 Å². The maximum Gasteiger partial charge on any atom is 0.246 e. The molecule has 23 heavy (non-hydrogen) atoms. The molecular weight excluding hydrogens is 288 g/mol. The van der Waals surface area contributed by atoms with E-state index in [9.17, 15) is 4.79 Å². The number of nitrogens with zero attached hydrogens (tertiary/aromatic N) is 1. The summed E-state index contributed by atoms with van der Waals surface area (Å²) in [5, 5.41) is 3.14. The predicted molar refractivity (Wildman–Crippen MR) is 95.2 cm³/mol. The maximum atomic E-state index is 12.2. The van der Waals surface area contributed by atoms with Gasteiger partial charge in [-0.05, 0) is 42.8 Å². The Morgan fingerprint density at radius 2 is 1.78 bits per heavy atom. The average molecular weight is 312 g/mol. The fourth-order valence-electron chi connectivity index (χ4n) is 2.10. The quantitative estimate of drug-likeness (QED) is 0.751. The fraction of sp³-hybridized carbons (Fsp3) is 0.316. The lowest BCUT2D eigenvalue weighted by Crippen LogP contribution is -2.32. The topological polar surface area (TPSA) is 41.6 Å². The predicted octanol–water partition coefficient (Wildman–Crippen LogP) is 3.94. The first-order chi connectivity index (χ1) is 11.2.